The molecule has 1 unspecified atom stereocenters. The molecule has 1 aromatic heterocycles. The maximum Gasteiger partial charge on any atom is 0.132 e. The molecule has 5 heteroatoms. The molecule has 1 rings (SSSR count). The van der Waals surface area contributed by atoms with Gasteiger partial charge in [0, 0.05) is 25.2 Å². The molecule has 5 nitrogen and oxygen atoms in total. The summed E-state index contributed by atoms with van der Waals surface area (Å²) in [5.41, 5.74) is 5.87. The lowest BCUT2D eigenvalue weighted by atomic mass is 9.90. The number of aromatic nitrogens is 2. The summed E-state index contributed by atoms with van der Waals surface area (Å²) in [6.45, 7) is 12.1. The van der Waals surface area contributed by atoms with Crippen LogP contribution in [0.4, 0.5) is 11.6 Å². The van der Waals surface area contributed by atoms with Gasteiger partial charge in [-0.05, 0) is 25.7 Å². The van der Waals surface area contributed by atoms with Crippen LogP contribution in [0.2, 0.25) is 0 Å². The normalized spacial score (nSPS) is 13.2. The maximum absolute atomic E-state index is 5.61. The first-order valence-electron chi connectivity index (χ1n) is 6.92. The van der Waals surface area contributed by atoms with Crippen LogP contribution in [0, 0.1) is 12.3 Å². The van der Waals surface area contributed by atoms with Gasteiger partial charge in [0.25, 0.3) is 0 Å². The Labute approximate surface area is 116 Å². The molecule has 0 saturated carbocycles. The molecule has 0 bridgehead atoms. The number of aryl methyl sites for hydroxylation is 1. The third-order valence-corrected chi connectivity index (χ3v) is 3.29. The van der Waals surface area contributed by atoms with Gasteiger partial charge in [0.15, 0.2) is 0 Å². The zero-order chi connectivity index (χ0) is 14.5. The predicted octanol–water partition coefficient (Wildman–Crippen LogP) is 2.39. The smallest absolute Gasteiger partial charge is 0.132 e. The highest BCUT2D eigenvalue weighted by Gasteiger charge is 2.15. The molecular weight excluding hydrogens is 238 g/mol. The molecule has 0 amide bonds. The number of nitrogens with one attached hydrogen (secondary N) is 2. The molecule has 19 heavy (non-hydrogen) atoms. The lowest BCUT2D eigenvalue weighted by Crippen LogP contribution is -2.26. The minimum absolute atomic E-state index is 0.203. The standard InChI is InChI=1S/C14H27N5/c1-6-14(4,5)9-16-12-7-13(17-10(2)8-15)19-11(3)18-12/h7,10H,6,8-9,15H2,1-5H3,(H2,16,17,18,19). The van der Waals surface area contributed by atoms with Gasteiger partial charge in [-0.2, -0.15) is 0 Å². The fourth-order valence-corrected chi connectivity index (χ4v) is 1.50. The summed E-state index contributed by atoms with van der Waals surface area (Å²) >= 11 is 0. The van der Waals surface area contributed by atoms with Crippen LogP contribution >= 0.6 is 0 Å². The molecule has 108 valence electrons. The Kier molecular flexibility index (Phi) is 5.54. The molecule has 0 aromatic carbocycles. The first-order chi connectivity index (χ1) is 8.86. The van der Waals surface area contributed by atoms with Gasteiger partial charge in [0.05, 0.1) is 0 Å². The number of nitrogens with zero attached hydrogens (tertiary/aromatic N) is 2. The fourth-order valence-electron chi connectivity index (χ4n) is 1.50. The van der Waals surface area contributed by atoms with Gasteiger partial charge >= 0.3 is 0 Å². The maximum atomic E-state index is 5.61. The van der Waals surface area contributed by atoms with Crippen molar-refractivity contribution in [3.63, 3.8) is 0 Å². The van der Waals surface area contributed by atoms with Crippen molar-refractivity contribution in [2.75, 3.05) is 23.7 Å². The molecule has 0 aliphatic rings. The van der Waals surface area contributed by atoms with E-state index in [9.17, 15) is 0 Å². The Balaban J connectivity index is 2.73. The minimum atomic E-state index is 0.203. The van der Waals surface area contributed by atoms with Crippen molar-refractivity contribution in [2.45, 2.75) is 47.1 Å². The van der Waals surface area contributed by atoms with Crippen molar-refractivity contribution < 1.29 is 0 Å². The molecule has 0 spiro atoms. The molecule has 0 aliphatic heterocycles. The van der Waals surface area contributed by atoms with Crippen LogP contribution in [0.15, 0.2) is 6.07 Å². The van der Waals surface area contributed by atoms with Crippen molar-refractivity contribution in [1.82, 2.24) is 9.97 Å². The van der Waals surface area contributed by atoms with E-state index >= 15 is 0 Å². The van der Waals surface area contributed by atoms with Crippen LogP contribution < -0.4 is 16.4 Å². The first kappa shape index (κ1) is 15.7. The monoisotopic (exact) mass is 265 g/mol. The molecule has 0 fully saturated rings. The molecular formula is C14H27N5. The Morgan fingerprint density at radius 3 is 2.53 bits per heavy atom. The Morgan fingerprint density at radius 2 is 1.95 bits per heavy atom. The number of hydrogen-bond acceptors (Lipinski definition) is 5. The molecule has 1 heterocycles. The van der Waals surface area contributed by atoms with Crippen LogP contribution in [0.5, 0.6) is 0 Å². The SMILES string of the molecule is CCC(C)(C)CNc1cc(NC(C)CN)nc(C)n1. The average molecular weight is 265 g/mol. The highest BCUT2D eigenvalue weighted by molar-refractivity contribution is 5.48. The van der Waals surface area contributed by atoms with E-state index in [1.807, 2.05) is 19.9 Å². The second-order valence-corrected chi connectivity index (χ2v) is 5.84. The van der Waals surface area contributed by atoms with Gasteiger partial charge in [0.2, 0.25) is 0 Å². The minimum Gasteiger partial charge on any atom is -0.369 e. The van der Waals surface area contributed by atoms with Crippen molar-refractivity contribution >= 4 is 11.6 Å². The zero-order valence-corrected chi connectivity index (χ0v) is 12.7. The second kappa shape index (κ2) is 6.70. The number of nitrogens with two attached hydrogens (primary N) is 1. The zero-order valence-electron chi connectivity index (χ0n) is 12.7. The number of hydrogen-bond donors (Lipinski definition) is 3. The third-order valence-electron chi connectivity index (χ3n) is 3.29. The van der Waals surface area contributed by atoms with Crippen LogP contribution in [0.25, 0.3) is 0 Å². The van der Waals surface area contributed by atoms with Gasteiger partial charge in [-0.3, -0.25) is 0 Å². The topological polar surface area (TPSA) is 75.9 Å². The quantitative estimate of drug-likeness (QED) is 0.706. The van der Waals surface area contributed by atoms with E-state index in [1.165, 1.54) is 0 Å². The summed E-state index contributed by atoms with van der Waals surface area (Å²) in [4.78, 5) is 8.78. The molecule has 4 N–H and O–H groups in total. The predicted molar refractivity (Wildman–Crippen MR) is 81.5 cm³/mol. The Hall–Kier alpha value is -1.36. The summed E-state index contributed by atoms with van der Waals surface area (Å²) in [6.07, 6.45) is 1.12. The van der Waals surface area contributed by atoms with E-state index in [-0.39, 0.29) is 11.5 Å². The second-order valence-electron chi connectivity index (χ2n) is 5.84. The summed E-state index contributed by atoms with van der Waals surface area (Å²) in [5.74, 6) is 2.44. The summed E-state index contributed by atoms with van der Waals surface area (Å²) < 4.78 is 0. The van der Waals surface area contributed by atoms with Crippen molar-refractivity contribution in [3.05, 3.63) is 11.9 Å². The van der Waals surface area contributed by atoms with E-state index in [2.05, 4.69) is 41.4 Å². The van der Waals surface area contributed by atoms with Crippen LogP contribution in [0.3, 0.4) is 0 Å². The van der Waals surface area contributed by atoms with Crippen molar-refractivity contribution in [3.8, 4) is 0 Å². The van der Waals surface area contributed by atoms with Gasteiger partial charge in [-0.1, -0.05) is 20.8 Å². The average Bonchev–Trinajstić information content (AvgIpc) is 2.36. The number of rotatable bonds is 7. The highest BCUT2D eigenvalue weighted by Crippen LogP contribution is 2.20. The molecule has 1 aromatic rings. The highest BCUT2D eigenvalue weighted by atomic mass is 15.1. The lowest BCUT2D eigenvalue weighted by Gasteiger charge is -2.23. The van der Waals surface area contributed by atoms with E-state index < -0.39 is 0 Å². The largest absolute Gasteiger partial charge is 0.369 e. The summed E-state index contributed by atoms with van der Waals surface area (Å²) in [6, 6.07) is 2.14. The van der Waals surface area contributed by atoms with Crippen molar-refractivity contribution in [1.29, 1.82) is 0 Å². The Bertz CT molecular complexity index is 403. The van der Waals surface area contributed by atoms with E-state index in [0.717, 1.165) is 30.4 Å². The molecule has 0 radical (unpaired) electrons. The van der Waals surface area contributed by atoms with Crippen LogP contribution in [-0.4, -0.2) is 29.1 Å². The molecule has 0 saturated heterocycles. The van der Waals surface area contributed by atoms with Gasteiger partial charge in [-0.15, -0.1) is 0 Å². The van der Waals surface area contributed by atoms with E-state index in [1.54, 1.807) is 0 Å². The first-order valence-corrected chi connectivity index (χ1v) is 6.92. The fraction of sp³-hybridized carbons (Fsp3) is 0.714. The molecule has 0 aliphatic carbocycles. The van der Waals surface area contributed by atoms with E-state index in [0.29, 0.717) is 6.54 Å². The molecule has 1 atom stereocenters. The van der Waals surface area contributed by atoms with Crippen LogP contribution in [-0.2, 0) is 0 Å². The third kappa shape index (κ3) is 5.42. The number of anilines is 2. The summed E-state index contributed by atoms with van der Waals surface area (Å²) in [5, 5.41) is 6.65. The Morgan fingerprint density at radius 1 is 1.32 bits per heavy atom. The van der Waals surface area contributed by atoms with Gasteiger partial charge < -0.3 is 16.4 Å². The van der Waals surface area contributed by atoms with Gasteiger partial charge in [-0.25, -0.2) is 9.97 Å². The van der Waals surface area contributed by atoms with Crippen LogP contribution in [0.1, 0.15) is 39.9 Å². The van der Waals surface area contributed by atoms with Gasteiger partial charge in [0.1, 0.15) is 17.5 Å². The lowest BCUT2D eigenvalue weighted by molar-refractivity contribution is 0.376. The van der Waals surface area contributed by atoms with Crippen molar-refractivity contribution in [2.24, 2.45) is 11.1 Å². The summed E-state index contributed by atoms with van der Waals surface area (Å²) in [7, 11) is 0. The van der Waals surface area contributed by atoms with E-state index in [4.69, 9.17) is 5.73 Å².